The second-order valence-electron chi connectivity index (χ2n) is 8.32. The summed E-state index contributed by atoms with van der Waals surface area (Å²) in [5.74, 6) is -2.06. The lowest BCUT2D eigenvalue weighted by atomic mass is 9.94. The number of hydrogen-bond donors (Lipinski definition) is 1. The Morgan fingerprint density at radius 2 is 1.91 bits per heavy atom. The molecule has 33 heavy (non-hydrogen) atoms. The third-order valence-electron chi connectivity index (χ3n) is 5.52. The van der Waals surface area contributed by atoms with Gasteiger partial charge in [0.15, 0.2) is 6.10 Å². The van der Waals surface area contributed by atoms with Crippen molar-refractivity contribution in [3.8, 4) is 11.8 Å². The number of esters is 1. The zero-order valence-electron chi connectivity index (χ0n) is 18.1. The summed E-state index contributed by atoms with van der Waals surface area (Å²) >= 11 is 0. The Hall–Kier alpha value is -3.54. The highest BCUT2D eigenvalue weighted by molar-refractivity contribution is 5.90. The monoisotopic (exact) mass is 460 g/mol. The summed E-state index contributed by atoms with van der Waals surface area (Å²) in [4.78, 5) is 25.5. The van der Waals surface area contributed by atoms with E-state index >= 15 is 0 Å². The predicted molar refractivity (Wildman–Crippen MR) is 112 cm³/mol. The smallest absolute Gasteiger partial charge is 0.417 e. The third-order valence-corrected chi connectivity index (χ3v) is 5.52. The molecule has 2 aromatic rings. The van der Waals surface area contributed by atoms with Crippen LogP contribution >= 0.6 is 0 Å². The first-order valence-corrected chi connectivity index (χ1v) is 10.4. The molecule has 0 fully saturated rings. The van der Waals surface area contributed by atoms with Crippen molar-refractivity contribution in [1.82, 2.24) is 0 Å². The van der Waals surface area contributed by atoms with Gasteiger partial charge < -0.3 is 15.2 Å². The van der Waals surface area contributed by atoms with Crippen LogP contribution in [0.1, 0.15) is 48.9 Å². The SMILES string of the molecule is CC(C)CC(Oc1ccc(C#N)c(C(F)(F)F)c1)C(=O)OC1(C(N)=O)CCc2ccccc21. The second kappa shape index (κ2) is 9.14. The number of nitrogens with two attached hydrogens (primary N) is 1. The first kappa shape index (κ1) is 24.1. The maximum atomic E-state index is 13.3. The Morgan fingerprint density at radius 3 is 2.52 bits per heavy atom. The molecule has 2 aromatic carbocycles. The van der Waals surface area contributed by atoms with Crippen LogP contribution in [-0.2, 0) is 32.5 Å². The highest BCUT2D eigenvalue weighted by atomic mass is 19.4. The fraction of sp³-hybridized carbons (Fsp3) is 0.375. The van der Waals surface area contributed by atoms with Crippen LogP contribution in [0, 0.1) is 17.2 Å². The van der Waals surface area contributed by atoms with Crippen molar-refractivity contribution in [2.75, 3.05) is 0 Å². The number of fused-ring (bicyclic) bond motifs is 1. The van der Waals surface area contributed by atoms with E-state index in [9.17, 15) is 22.8 Å². The van der Waals surface area contributed by atoms with Crippen LogP contribution in [0.3, 0.4) is 0 Å². The van der Waals surface area contributed by atoms with E-state index in [1.54, 1.807) is 32.0 Å². The van der Waals surface area contributed by atoms with Gasteiger partial charge in [-0.15, -0.1) is 0 Å². The Kier molecular flexibility index (Phi) is 6.68. The zero-order valence-corrected chi connectivity index (χ0v) is 18.1. The Balaban J connectivity index is 1.92. The lowest BCUT2D eigenvalue weighted by Crippen LogP contribution is -2.46. The molecule has 9 heteroatoms. The summed E-state index contributed by atoms with van der Waals surface area (Å²) in [6.45, 7) is 3.61. The second-order valence-corrected chi connectivity index (χ2v) is 8.32. The fourth-order valence-corrected chi connectivity index (χ4v) is 3.94. The molecule has 1 aliphatic rings. The summed E-state index contributed by atoms with van der Waals surface area (Å²) in [5.41, 5.74) is 3.55. The van der Waals surface area contributed by atoms with E-state index < -0.39 is 40.9 Å². The van der Waals surface area contributed by atoms with Crippen molar-refractivity contribution >= 4 is 11.9 Å². The van der Waals surface area contributed by atoms with Crippen molar-refractivity contribution in [3.63, 3.8) is 0 Å². The van der Waals surface area contributed by atoms with Gasteiger partial charge in [-0.05, 0) is 42.5 Å². The van der Waals surface area contributed by atoms with Gasteiger partial charge in [0.25, 0.3) is 5.91 Å². The molecule has 0 aromatic heterocycles. The van der Waals surface area contributed by atoms with Crippen LogP contribution in [-0.4, -0.2) is 18.0 Å². The molecule has 0 aliphatic heterocycles. The molecule has 0 spiro atoms. The van der Waals surface area contributed by atoms with E-state index in [0.717, 1.165) is 11.6 Å². The van der Waals surface area contributed by atoms with Crippen LogP contribution in [0.15, 0.2) is 42.5 Å². The summed E-state index contributed by atoms with van der Waals surface area (Å²) in [5, 5.41) is 8.97. The topological polar surface area (TPSA) is 102 Å². The van der Waals surface area contributed by atoms with Crippen molar-refractivity contribution in [2.45, 2.75) is 51.0 Å². The molecule has 2 unspecified atom stereocenters. The summed E-state index contributed by atoms with van der Waals surface area (Å²) in [6, 6.07) is 11.3. The van der Waals surface area contributed by atoms with Crippen molar-refractivity contribution in [3.05, 3.63) is 64.7 Å². The lowest BCUT2D eigenvalue weighted by Gasteiger charge is -2.30. The number of nitrogens with zero attached hydrogens (tertiary/aromatic N) is 1. The normalized spacial score (nSPS) is 18.3. The third kappa shape index (κ3) is 4.95. The molecule has 0 bridgehead atoms. The molecule has 0 saturated carbocycles. The van der Waals surface area contributed by atoms with Crippen LogP contribution in [0.25, 0.3) is 0 Å². The van der Waals surface area contributed by atoms with Crippen molar-refractivity contribution in [2.24, 2.45) is 11.7 Å². The standard InChI is InChI=1S/C24H23F3N2O4/c1-14(2)11-20(32-17-8-7-16(13-28)19(12-17)24(25,26)27)21(30)33-23(22(29)31)10-9-15-5-3-4-6-18(15)23/h3-8,12,14,20H,9-11H2,1-2H3,(H2,29,31). The predicted octanol–water partition coefficient (Wildman–Crippen LogP) is 4.24. The average molecular weight is 460 g/mol. The molecule has 174 valence electrons. The number of benzene rings is 2. The highest BCUT2D eigenvalue weighted by Gasteiger charge is 2.49. The Labute approximate surface area is 189 Å². The van der Waals surface area contributed by atoms with Gasteiger partial charge in [-0.3, -0.25) is 4.79 Å². The Bertz CT molecular complexity index is 1110. The van der Waals surface area contributed by atoms with Crippen molar-refractivity contribution in [1.29, 1.82) is 5.26 Å². The van der Waals surface area contributed by atoms with E-state index in [1.807, 2.05) is 6.07 Å². The van der Waals surface area contributed by atoms with Gasteiger partial charge in [0, 0.05) is 12.0 Å². The molecule has 1 amide bonds. The summed E-state index contributed by atoms with van der Waals surface area (Å²) in [7, 11) is 0. The number of primary amides is 1. The minimum absolute atomic E-state index is 0.0802. The fourth-order valence-electron chi connectivity index (χ4n) is 3.94. The van der Waals surface area contributed by atoms with Crippen molar-refractivity contribution < 1.29 is 32.2 Å². The number of amides is 1. The van der Waals surface area contributed by atoms with Crippen LogP contribution < -0.4 is 10.5 Å². The van der Waals surface area contributed by atoms with Crippen LogP contribution in [0.2, 0.25) is 0 Å². The van der Waals surface area contributed by atoms with Crippen LogP contribution in [0.4, 0.5) is 13.2 Å². The van der Waals surface area contributed by atoms with Gasteiger partial charge >= 0.3 is 12.1 Å². The number of carbonyl (C=O) groups excluding carboxylic acids is 2. The zero-order chi connectivity index (χ0) is 24.4. The van der Waals surface area contributed by atoms with E-state index in [-0.39, 0.29) is 24.5 Å². The average Bonchev–Trinajstić information content (AvgIpc) is 3.12. The van der Waals surface area contributed by atoms with Gasteiger partial charge in [0.05, 0.1) is 17.2 Å². The van der Waals surface area contributed by atoms with E-state index in [0.29, 0.717) is 18.1 Å². The van der Waals surface area contributed by atoms with Gasteiger partial charge in [0.1, 0.15) is 5.75 Å². The molecule has 0 heterocycles. The number of alkyl halides is 3. The molecule has 6 nitrogen and oxygen atoms in total. The molecule has 3 rings (SSSR count). The van der Waals surface area contributed by atoms with E-state index in [4.69, 9.17) is 20.5 Å². The maximum absolute atomic E-state index is 13.3. The molecular formula is C24H23F3N2O4. The minimum Gasteiger partial charge on any atom is -0.479 e. The van der Waals surface area contributed by atoms with E-state index in [1.165, 1.54) is 12.1 Å². The number of carbonyl (C=O) groups is 2. The number of rotatable bonds is 7. The Morgan fingerprint density at radius 1 is 1.21 bits per heavy atom. The quantitative estimate of drug-likeness (QED) is 0.623. The number of hydrogen-bond acceptors (Lipinski definition) is 5. The number of aryl methyl sites for hydroxylation is 1. The first-order chi connectivity index (χ1) is 15.5. The molecule has 2 N–H and O–H groups in total. The van der Waals surface area contributed by atoms with Crippen LogP contribution in [0.5, 0.6) is 5.75 Å². The van der Waals surface area contributed by atoms with Gasteiger partial charge in [-0.1, -0.05) is 38.1 Å². The number of nitriles is 1. The molecule has 2 atom stereocenters. The summed E-state index contributed by atoms with van der Waals surface area (Å²) < 4.78 is 51.2. The largest absolute Gasteiger partial charge is 0.479 e. The number of halogens is 3. The molecule has 0 radical (unpaired) electrons. The molecular weight excluding hydrogens is 437 g/mol. The first-order valence-electron chi connectivity index (χ1n) is 10.4. The summed E-state index contributed by atoms with van der Waals surface area (Å²) in [6.07, 6.45) is -5.30. The van der Waals surface area contributed by atoms with Gasteiger partial charge in [0.2, 0.25) is 5.60 Å². The number of ether oxygens (including phenoxy) is 2. The lowest BCUT2D eigenvalue weighted by molar-refractivity contribution is -0.176. The van der Waals surface area contributed by atoms with E-state index in [2.05, 4.69) is 0 Å². The van der Waals surface area contributed by atoms with Gasteiger partial charge in [-0.2, -0.15) is 18.4 Å². The minimum atomic E-state index is -4.78. The maximum Gasteiger partial charge on any atom is 0.417 e. The highest BCUT2D eigenvalue weighted by Crippen LogP contribution is 2.41. The molecule has 1 aliphatic carbocycles. The molecule has 0 saturated heterocycles. The van der Waals surface area contributed by atoms with Gasteiger partial charge in [-0.25, -0.2) is 4.79 Å².